The molecular formula is C10H13NO3. The molecule has 0 spiro atoms. The Bertz CT molecular complexity index is 274. The summed E-state index contributed by atoms with van der Waals surface area (Å²) in [6.45, 7) is 2.54. The van der Waals surface area contributed by atoms with Gasteiger partial charge in [0.1, 0.15) is 0 Å². The van der Waals surface area contributed by atoms with Crippen LogP contribution in [0, 0.1) is 0 Å². The number of para-hydroxylation sites is 1. The van der Waals surface area contributed by atoms with E-state index in [4.69, 9.17) is 4.89 Å². The molecule has 0 bridgehead atoms. The lowest BCUT2D eigenvalue weighted by atomic mass is 10.3. The first-order valence-corrected chi connectivity index (χ1v) is 4.50. The Kier molecular flexibility index (Phi) is 4.34. The van der Waals surface area contributed by atoms with Gasteiger partial charge in [-0.2, -0.15) is 0 Å². The molecule has 0 unspecified atom stereocenters. The van der Waals surface area contributed by atoms with Crippen LogP contribution < -0.4 is 10.2 Å². The molecule has 4 nitrogen and oxygen atoms in total. The molecule has 4 heteroatoms. The highest BCUT2D eigenvalue weighted by Gasteiger charge is 2.01. The van der Waals surface area contributed by atoms with Crippen LogP contribution in [-0.2, 0) is 4.89 Å². The standard InChI is InChI=1S/C10H13NO3/c1-2-8-11-10(12)14-13-9-6-4-3-5-7-9/h3-7H,2,8H2,1H3,(H,11,12). The van der Waals surface area contributed by atoms with Gasteiger partial charge in [0.05, 0.1) is 0 Å². The lowest BCUT2D eigenvalue weighted by Gasteiger charge is -2.04. The maximum Gasteiger partial charge on any atom is 0.450 e. The number of carbonyl (C=O) groups excluding carboxylic acids is 1. The average Bonchev–Trinajstić information content (AvgIpc) is 2.25. The van der Waals surface area contributed by atoms with Crippen LogP contribution in [0.1, 0.15) is 13.3 Å². The van der Waals surface area contributed by atoms with Crippen LogP contribution in [0.3, 0.4) is 0 Å². The van der Waals surface area contributed by atoms with E-state index >= 15 is 0 Å². The highest BCUT2D eigenvalue weighted by Crippen LogP contribution is 2.08. The van der Waals surface area contributed by atoms with Crippen LogP contribution in [0.15, 0.2) is 30.3 Å². The molecule has 0 aliphatic rings. The van der Waals surface area contributed by atoms with Gasteiger partial charge in [0, 0.05) is 6.54 Å². The molecule has 0 aromatic heterocycles. The van der Waals surface area contributed by atoms with E-state index in [0.29, 0.717) is 12.3 Å². The molecule has 0 radical (unpaired) electrons. The highest BCUT2D eigenvalue weighted by molar-refractivity contribution is 5.66. The fourth-order valence-corrected chi connectivity index (χ4v) is 0.819. The van der Waals surface area contributed by atoms with E-state index in [0.717, 1.165) is 6.42 Å². The summed E-state index contributed by atoms with van der Waals surface area (Å²) in [5.74, 6) is 0.499. The second kappa shape index (κ2) is 5.85. The second-order valence-corrected chi connectivity index (χ2v) is 2.69. The second-order valence-electron chi connectivity index (χ2n) is 2.69. The molecule has 1 rings (SSSR count). The summed E-state index contributed by atoms with van der Waals surface area (Å²) in [4.78, 5) is 20.1. The molecular weight excluding hydrogens is 182 g/mol. The lowest BCUT2D eigenvalue weighted by Crippen LogP contribution is -2.26. The predicted octanol–water partition coefficient (Wildman–Crippen LogP) is 2.12. The normalized spacial score (nSPS) is 9.21. The molecule has 0 atom stereocenters. The predicted molar refractivity (Wildman–Crippen MR) is 51.8 cm³/mol. The maximum atomic E-state index is 10.9. The summed E-state index contributed by atoms with van der Waals surface area (Å²) in [6.07, 6.45) is 0.288. The number of rotatable bonds is 4. The fraction of sp³-hybridized carbons (Fsp3) is 0.300. The van der Waals surface area contributed by atoms with Gasteiger partial charge in [0.25, 0.3) is 0 Å². The van der Waals surface area contributed by atoms with E-state index < -0.39 is 6.09 Å². The minimum atomic E-state index is -0.573. The van der Waals surface area contributed by atoms with E-state index in [1.807, 2.05) is 13.0 Å². The summed E-state index contributed by atoms with van der Waals surface area (Å²) in [6, 6.07) is 8.84. The number of nitrogens with one attached hydrogen (secondary N) is 1. The Morgan fingerprint density at radius 2 is 2.07 bits per heavy atom. The zero-order chi connectivity index (χ0) is 10.2. The summed E-state index contributed by atoms with van der Waals surface area (Å²) < 4.78 is 0. The van der Waals surface area contributed by atoms with Crippen molar-refractivity contribution in [2.75, 3.05) is 6.54 Å². The van der Waals surface area contributed by atoms with Crippen molar-refractivity contribution < 1.29 is 14.6 Å². The third kappa shape index (κ3) is 3.80. The molecule has 0 saturated carbocycles. The molecule has 0 saturated heterocycles. The molecule has 1 aromatic carbocycles. The molecule has 1 N–H and O–H groups in total. The van der Waals surface area contributed by atoms with Crippen LogP contribution in [-0.4, -0.2) is 12.6 Å². The zero-order valence-electron chi connectivity index (χ0n) is 8.03. The van der Waals surface area contributed by atoms with Crippen molar-refractivity contribution >= 4 is 6.09 Å². The molecule has 0 aliphatic heterocycles. The largest absolute Gasteiger partial charge is 0.450 e. The van der Waals surface area contributed by atoms with Crippen LogP contribution in [0.5, 0.6) is 5.75 Å². The topological polar surface area (TPSA) is 47.6 Å². The smallest absolute Gasteiger partial charge is 0.318 e. The van der Waals surface area contributed by atoms with Crippen molar-refractivity contribution in [3.05, 3.63) is 30.3 Å². The fourth-order valence-electron chi connectivity index (χ4n) is 0.819. The van der Waals surface area contributed by atoms with Crippen molar-refractivity contribution in [1.29, 1.82) is 0 Å². The van der Waals surface area contributed by atoms with Gasteiger partial charge in [-0.25, -0.2) is 9.68 Å². The van der Waals surface area contributed by atoms with Gasteiger partial charge in [-0.3, -0.25) is 4.89 Å². The van der Waals surface area contributed by atoms with E-state index in [1.165, 1.54) is 0 Å². The minimum absolute atomic E-state index is 0.499. The van der Waals surface area contributed by atoms with Crippen LogP contribution in [0.25, 0.3) is 0 Å². The average molecular weight is 195 g/mol. The van der Waals surface area contributed by atoms with E-state index in [1.54, 1.807) is 24.3 Å². The van der Waals surface area contributed by atoms with Gasteiger partial charge in [0.15, 0.2) is 5.75 Å². The van der Waals surface area contributed by atoms with Gasteiger partial charge < -0.3 is 5.32 Å². The molecule has 1 aromatic rings. The Labute approximate surface area is 82.8 Å². The first-order valence-electron chi connectivity index (χ1n) is 4.50. The van der Waals surface area contributed by atoms with E-state index in [2.05, 4.69) is 10.2 Å². The molecule has 76 valence electrons. The van der Waals surface area contributed by atoms with E-state index in [-0.39, 0.29) is 0 Å². The molecule has 1 amide bonds. The molecule has 0 fully saturated rings. The molecule has 14 heavy (non-hydrogen) atoms. The van der Waals surface area contributed by atoms with Crippen LogP contribution in [0.2, 0.25) is 0 Å². The third-order valence-corrected chi connectivity index (χ3v) is 1.48. The van der Waals surface area contributed by atoms with Gasteiger partial charge in [0.2, 0.25) is 0 Å². The highest BCUT2D eigenvalue weighted by atomic mass is 17.2. The van der Waals surface area contributed by atoms with E-state index in [9.17, 15) is 4.79 Å². The third-order valence-electron chi connectivity index (χ3n) is 1.48. The number of amides is 1. The quantitative estimate of drug-likeness (QED) is 0.591. The monoisotopic (exact) mass is 195 g/mol. The lowest BCUT2D eigenvalue weighted by molar-refractivity contribution is -0.142. The van der Waals surface area contributed by atoms with Crippen molar-refractivity contribution in [2.45, 2.75) is 13.3 Å². The van der Waals surface area contributed by atoms with Gasteiger partial charge >= 0.3 is 6.09 Å². The van der Waals surface area contributed by atoms with Crippen LogP contribution in [0.4, 0.5) is 4.79 Å². The van der Waals surface area contributed by atoms with Gasteiger partial charge in [-0.05, 0) is 18.6 Å². The zero-order valence-corrected chi connectivity index (χ0v) is 8.03. The summed E-state index contributed by atoms with van der Waals surface area (Å²) in [5.41, 5.74) is 0. The van der Waals surface area contributed by atoms with Crippen molar-refractivity contribution in [3.63, 3.8) is 0 Å². The first-order chi connectivity index (χ1) is 6.83. The Morgan fingerprint density at radius 1 is 1.36 bits per heavy atom. The summed E-state index contributed by atoms with van der Waals surface area (Å²) in [5, 5.41) is 2.52. The van der Waals surface area contributed by atoms with Gasteiger partial charge in [-0.1, -0.05) is 25.1 Å². The maximum absolute atomic E-state index is 10.9. The van der Waals surface area contributed by atoms with Gasteiger partial charge in [-0.15, -0.1) is 0 Å². The number of hydrogen-bond acceptors (Lipinski definition) is 3. The van der Waals surface area contributed by atoms with Crippen molar-refractivity contribution in [2.24, 2.45) is 0 Å². The molecule has 0 aliphatic carbocycles. The Balaban J connectivity index is 2.24. The number of benzene rings is 1. The number of hydrogen-bond donors (Lipinski definition) is 1. The van der Waals surface area contributed by atoms with Crippen LogP contribution >= 0.6 is 0 Å². The molecule has 0 heterocycles. The first kappa shape index (κ1) is 10.4. The summed E-state index contributed by atoms with van der Waals surface area (Å²) in [7, 11) is 0. The van der Waals surface area contributed by atoms with Crippen molar-refractivity contribution in [1.82, 2.24) is 5.32 Å². The number of carbonyl (C=O) groups is 1. The minimum Gasteiger partial charge on any atom is -0.318 e. The Hall–Kier alpha value is -1.71. The SMILES string of the molecule is CCCNC(=O)OOc1ccccc1. The Morgan fingerprint density at radius 3 is 2.71 bits per heavy atom. The van der Waals surface area contributed by atoms with Crippen molar-refractivity contribution in [3.8, 4) is 5.75 Å². The summed E-state index contributed by atoms with van der Waals surface area (Å²) >= 11 is 0.